The van der Waals surface area contributed by atoms with Gasteiger partial charge in [-0.2, -0.15) is 0 Å². The molecule has 1 atom stereocenters. The van der Waals surface area contributed by atoms with Gasteiger partial charge in [-0.15, -0.1) is 12.4 Å². The summed E-state index contributed by atoms with van der Waals surface area (Å²) in [5.41, 5.74) is -0.365. The fraction of sp³-hybridized carbons (Fsp3) is 0.889. The smallest absolute Gasteiger partial charge is 0.326 e. The molecule has 1 saturated heterocycles. The van der Waals surface area contributed by atoms with E-state index in [1.165, 1.54) is 0 Å². The van der Waals surface area contributed by atoms with Gasteiger partial charge in [-0.05, 0) is 32.7 Å². The van der Waals surface area contributed by atoms with Crippen LogP contribution in [0.1, 0.15) is 33.1 Å². The van der Waals surface area contributed by atoms with Crippen molar-refractivity contribution in [2.75, 3.05) is 13.2 Å². The summed E-state index contributed by atoms with van der Waals surface area (Å²) < 4.78 is 5.02. The maximum absolute atomic E-state index is 11.5. The summed E-state index contributed by atoms with van der Waals surface area (Å²) in [6.45, 7) is 5.28. The largest absolute Gasteiger partial charge is 0.465 e. The molecule has 0 spiro atoms. The van der Waals surface area contributed by atoms with Gasteiger partial charge in [0, 0.05) is 0 Å². The van der Waals surface area contributed by atoms with Crippen molar-refractivity contribution >= 4 is 18.4 Å². The fourth-order valence-electron chi connectivity index (χ4n) is 1.70. The minimum atomic E-state index is -0.365. The lowest BCUT2D eigenvalue weighted by molar-refractivity contribution is -0.150. The monoisotopic (exact) mass is 207 g/mol. The van der Waals surface area contributed by atoms with Gasteiger partial charge in [0.25, 0.3) is 0 Å². The van der Waals surface area contributed by atoms with E-state index >= 15 is 0 Å². The topological polar surface area (TPSA) is 38.3 Å². The summed E-state index contributed by atoms with van der Waals surface area (Å²) in [6, 6.07) is 0. The Hall–Kier alpha value is -0.280. The van der Waals surface area contributed by atoms with E-state index in [1.807, 2.05) is 13.8 Å². The van der Waals surface area contributed by atoms with Crippen LogP contribution in [0, 0.1) is 0 Å². The molecule has 1 heterocycles. The van der Waals surface area contributed by atoms with E-state index in [-0.39, 0.29) is 23.9 Å². The van der Waals surface area contributed by atoms with Crippen LogP contribution < -0.4 is 5.32 Å². The molecule has 0 aromatic heterocycles. The van der Waals surface area contributed by atoms with Gasteiger partial charge in [0.1, 0.15) is 5.54 Å². The van der Waals surface area contributed by atoms with Crippen molar-refractivity contribution in [2.24, 2.45) is 0 Å². The first-order valence-electron chi connectivity index (χ1n) is 4.67. The average Bonchev–Trinajstić information content (AvgIpc) is 2.54. The molecule has 78 valence electrons. The zero-order valence-electron chi connectivity index (χ0n) is 8.26. The zero-order chi connectivity index (χ0) is 9.03. The molecule has 13 heavy (non-hydrogen) atoms. The number of esters is 1. The summed E-state index contributed by atoms with van der Waals surface area (Å²) in [5.74, 6) is -0.0787. The van der Waals surface area contributed by atoms with E-state index in [1.54, 1.807) is 0 Å². The SMILES string of the molecule is CCOC(=O)[C@]1(CC)CCCN1.Cl. The van der Waals surface area contributed by atoms with E-state index < -0.39 is 0 Å². The Balaban J connectivity index is 0.00000144. The number of hydrogen-bond acceptors (Lipinski definition) is 3. The third-order valence-electron chi connectivity index (χ3n) is 2.51. The second kappa shape index (κ2) is 5.45. The average molecular weight is 208 g/mol. The van der Waals surface area contributed by atoms with Gasteiger partial charge in [-0.3, -0.25) is 4.79 Å². The highest BCUT2D eigenvalue weighted by Gasteiger charge is 2.40. The molecule has 0 aromatic rings. The molecule has 0 saturated carbocycles. The molecule has 0 aromatic carbocycles. The molecule has 0 radical (unpaired) electrons. The lowest BCUT2D eigenvalue weighted by Gasteiger charge is -2.24. The Kier molecular flexibility index (Phi) is 5.33. The van der Waals surface area contributed by atoms with Gasteiger partial charge in [-0.25, -0.2) is 0 Å². The molecule has 4 heteroatoms. The zero-order valence-corrected chi connectivity index (χ0v) is 9.08. The number of ether oxygens (including phenoxy) is 1. The van der Waals surface area contributed by atoms with E-state index in [0.717, 1.165) is 25.8 Å². The maximum atomic E-state index is 11.5. The summed E-state index contributed by atoms with van der Waals surface area (Å²) in [5, 5.41) is 3.23. The lowest BCUT2D eigenvalue weighted by Crippen LogP contribution is -2.48. The van der Waals surface area contributed by atoms with Gasteiger partial charge in [0.15, 0.2) is 0 Å². The van der Waals surface area contributed by atoms with Crippen LogP contribution in [0.25, 0.3) is 0 Å². The molecule has 1 aliphatic heterocycles. The van der Waals surface area contributed by atoms with Gasteiger partial charge < -0.3 is 10.1 Å². The maximum Gasteiger partial charge on any atom is 0.326 e. The number of carbonyl (C=O) groups excluding carboxylic acids is 1. The van der Waals surface area contributed by atoms with Gasteiger partial charge >= 0.3 is 5.97 Å². The Labute approximate surface area is 85.6 Å². The highest BCUT2D eigenvalue weighted by Crippen LogP contribution is 2.24. The summed E-state index contributed by atoms with van der Waals surface area (Å²) in [7, 11) is 0. The Morgan fingerprint density at radius 2 is 2.23 bits per heavy atom. The van der Waals surface area contributed by atoms with Crippen LogP contribution in [-0.4, -0.2) is 24.7 Å². The molecule has 1 N–H and O–H groups in total. The summed E-state index contributed by atoms with van der Waals surface area (Å²) >= 11 is 0. The van der Waals surface area contributed by atoms with Crippen molar-refractivity contribution in [1.82, 2.24) is 5.32 Å². The molecule has 1 rings (SSSR count). The Morgan fingerprint density at radius 1 is 1.54 bits per heavy atom. The molecular weight excluding hydrogens is 190 g/mol. The highest BCUT2D eigenvalue weighted by molar-refractivity contribution is 5.85. The first-order valence-corrected chi connectivity index (χ1v) is 4.67. The molecule has 0 amide bonds. The third-order valence-corrected chi connectivity index (χ3v) is 2.51. The molecule has 0 unspecified atom stereocenters. The van der Waals surface area contributed by atoms with Gasteiger partial charge in [0.2, 0.25) is 0 Å². The van der Waals surface area contributed by atoms with Crippen molar-refractivity contribution in [3.05, 3.63) is 0 Å². The van der Waals surface area contributed by atoms with E-state index in [9.17, 15) is 4.79 Å². The normalized spacial score (nSPS) is 26.6. The van der Waals surface area contributed by atoms with Crippen LogP contribution in [0.3, 0.4) is 0 Å². The first-order chi connectivity index (χ1) is 5.75. The summed E-state index contributed by atoms with van der Waals surface area (Å²) in [6.07, 6.45) is 2.82. The van der Waals surface area contributed by atoms with Crippen LogP contribution in [0.4, 0.5) is 0 Å². The highest BCUT2D eigenvalue weighted by atomic mass is 35.5. The van der Waals surface area contributed by atoms with E-state index in [4.69, 9.17) is 4.74 Å². The molecule has 1 aliphatic rings. The minimum Gasteiger partial charge on any atom is -0.465 e. The summed E-state index contributed by atoms with van der Waals surface area (Å²) in [4.78, 5) is 11.5. The molecule has 1 fully saturated rings. The Bertz CT molecular complexity index is 167. The predicted molar refractivity (Wildman–Crippen MR) is 54.1 cm³/mol. The van der Waals surface area contributed by atoms with E-state index in [0.29, 0.717) is 6.61 Å². The van der Waals surface area contributed by atoms with E-state index in [2.05, 4.69) is 5.32 Å². The molecule has 3 nitrogen and oxygen atoms in total. The lowest BCUT2D eigenvalue weighted by atomic mass is 9.94. The first kappa shape index (κ1) is 12.7. The number of hydrogen-bond donors (Lipinski definition) is 1. The van der Waals surface area contributed by atoms with Crippen molar-refractivity contribution in [3.8, 4) is 0 Å². The van der Waals surface area contributed by atoms with Gasteiger partial charge in [0.05, 0.1) is 6.61 Å². The quantitative estimate of drug-likeness (QED) is 0.713. The Morgan fingerprint density at radius 3 is 2.62 bits per heavy atom. The minimum absolute atomic E-state index is 0. The second-order valence-corrected chi connectivity index (χ2v) is 3.19. The fourth-order valence-corrected chi connectivity index (χ4v) is 1.70. The predicted octanol–water partition coefficient (Wildman–Crippen LogP) is 1.50. The van der Waals surface area contributed by atoms with Gasteiger partial charge in [-0.1, -0.05) is 6.92 Å². The number of rotatable bonds is 3. The number of carbonyl (C=O) groups is 1. The van der Waals surface area contributed by atoms with Crippen LogP contribution in [0.5, 0.6) is 0 Å². The van der Waals surface area contributed by atoms with Crippen LogP contribution in [0.15, 0.2) is 0 Å². The van der Waals surface area contributed by atoms with Crippen LogP contribution >= 0.6 is 12.4 Å². The number of halogens is 1. The van der Waals surface area contributed by atoms with Crippen molar-refractivity contribution in [3.63, 3.8) is 0 Å². The van der Waals surface area contributed by atoms with Crippen LogP contribution in [0.2, 0.25) is 0 Å². The van der Waals surface area contributed by atoms with Crippen molar-refractivity contribution < 1.29 is 9.53 Å². The standard InChI is InChI=1S/C9H17NO2.ClH/c1-3-9(6-5-7-10-9)8(11)12-4-2;/h10H,3-7H2,1-2H3;1H/t9-;/m0./s1. The molecular formula is C9H18ClNO2. The van der Waals surface area contributed by atoms with Crippen molar-refractivity contribution in [1.29, 1.82) is 0 Å². The third kappa shape index (κ3) is 2.58. The molecule has 0 aliphatic carbocycles. The molecule has 0 bridgehead atoms. The number of nitrogens with one attached hydrogen (secondary N) is 1. The second-order valence-electron chi connectivity index (χ2n) is 3.19. The van der Waals surface area contributed by atoms with Crippen molar-refractivity contribution in [2.45, 2.75) is 38.6 Å². The van der Waals surface area contributed by atoms with Crippen LogP contribution in [-0.2, 0) is 9.53 Å².